The monoisotopic (exact) mass is 560 g/mol. The van der Waals surface area contributed by atoms with Crippen molar-refractivity contribution in [3.63, 3.8) is 0 Å². The number of carbonyl (C=O) groups excluding carboxylic acids is 1. The Hall–Kier alpha value is -1.20. The van der Waals surface area contributed by atoms with Gasteiger partial charge in [0, 0.05) is 16.8 Å². The SMILES string of the molecule is CC1CC(CC#CC2(O[Si](C)(C)C(C)(C)C)CCCCC2)N(c2nc3ccc(Br)cc3s2)C1=O. The van der Waals surface area contributed by atoms with E-state index in [4.69, 9.17) is 9.41 Å². The highest BCUT2D eigenvalue weighted by atomic mass is 79.9. The average molecular weight is 562 g/mol. The van der Waals surface area contributed by atoms with Gasteiger partial charge in [0.05, 0.1) is 16.3 Å². The van der Waals surface area contributed by atoms with Crippen LogP contribution in [0.25, 0.3) is 10.2 Å². The zero-order valence-electron chi connectivity index (χ0n) is 21.3. The molecule has 2 aromatic rings. The standard InChI is InChI=1S/C27H37BrN2O2SSi/c1-19-17-21(30(24(19)31)25-29-22-13-12-20(28)18-23(22)33-25)11-10-16-27(14-8-7-9-15-27)32-34(5,6)26(2,3)4/h12-13,18-19,21H,7-9,11,14-15,17H2,1-6H3. The highest BCUT2D eigenvalue weighted by molar-refractivity contribution is 9.10. The summed E-state index contributed by atoms with van der Waals surface area (Å²) in [5.74, 6) is 7.31. The van der Waals surface area contributed by atoms with Crippen LogP contribution in [-0.2, 0) is 9.22 Å². The Bertz CT molecular complexity index is 1120. The van der Waals surface area contributed by atoms with Gasteiger partial charge in [0.15, 0.2) is 13.4 Å². The molecule has 0 bridgehead atoms. The molecular weight excluding hydrogens is 524 g/mol. The van der Waals surface area contributed by atoms with E-state index >= 15 is 0 Å². The van der Waals surface area contributed by atoms with Crippen molar-refractivity contribution < 1.29 is 9.22 Å². The van der Waals surface area contributed by atoms with Crippen molar-refractivity contribution in [1.82, 2.24) is 4.98 Å². The first-order chi connectivity index (χ1) is 15.9. The lowest BCUT2D eigenvalue weighted by molar-refractivity contribution is -0.120. The van der Waals surface area contributed by atoms with Gasteiger partial charge >= 0.3 is 0 Å². The molecule has 184 valence electrons. The molecule has 2 atom stereocenters. The van der Waals surface area contributed by atoms with Gasteiger partial charge in [0.2, 0.25) is 5.91 Å². The number of benzene rings is 1. The number of fused-ring (bicyclic) bond motifs is 1. The molecule has 1 aliphatic heterocycles. The maximum absolute atomic E-state index is 13.1. The number of hydrogen-bond acceptors (Lipinski definition) is 4. The molecule has 4 nitrogen and oxygen atoms in total. The number of carbonyl (C=O) groups is 1. The highest BCUT2D eigenvalue weighted by Gasteiger charge is 2.45. The molecule has 2 fully saturated rings. The van der Waals surface area contributed by atoms with Crippen LogP contribution in [0, 0.1) is 17.8 Å². The maximum atomic E-state index is 13.1. The van der Waals surface area contributed by atoms with E-state index in [1.165, 1.54) is 19.3 Å². The predicted octanol–water partition coefficient (Wildman–Crippen LogP) is 7.92. The van der Waals surface area contributed by atoms with E-state index in [9.17, 15) is 4.79 Å². The quantitative estimate of drug-likeness (QED) is 0.281. The summed E-state index contributed by atoms with van der Waals surface area (Å²) in [5, 5.41) is 0.949. The average Bonchev–Trinajstić information content (AvgIpc) is 3.27. The number of thiazole rings is 1. The molecule has 0 N–H and O–H groups in total. The second-order valence-electron chi connectivity index (χ2n) is 11.5. The summed E-state index contributed by atoms with van der Waals surface area (Å²) >= 11 is 5.13. The van der Waals surface area contributed by atoms with Crippen molar-refractivity contribution >= 4 is 56.8 Å². The highest BCUT2D eigenvalue weighted by Crippen LogP contribution is 2.43. The van der Waals surface area contributed by atoms with Gasteiger partial charge in [-0.1, -0.05) is 73.2 Å². The minimum absolute atomic E-state index is 0.00216. The van der Waals surface area contributed by atoms with Gasteiger partial charge in [-0.3, -0.25) is 9.69 Å². The first kappa shape index (κ1) is 25.9. The topological polar surface area (TPSA) is 42.4 Å². The molecule has 2 heterocycles. The summed E-state index contributed by atoms with van der Waals surface area (Å²) in [6, 6.07) is 6.13. The lowest BCUT2D eigenvalue weighted by Crippen LogP contribution is -2.50. The molecule has 0 radical (unpaired) electrons. The van der Waals surface area contributed by atoms with E-state index in [0.29, 0.717) is 6.42 Å². The van der Waals surface area contributed by atoms with Gasteiger partial charge in [-0.25, -0.2) is 4.98 Å². The van der Waals surface area contributed by atoms with Crippen LogP contribution in [-0.4, -0.2) is 30.9 Å². The van der Waals surface area contributed by atoms with Crippen LogP contribution < -0.4 is 4.90 Å². The number of nitrogens with zero attached hydrogens (tertiary/aromatic N) is 2. The van der Waals surface area contributed by atoms with Gasteiger partial charge in [0.1, 0.15) is 5.60 Å². The van der Waals surface area contributed by atoms with Crippen molar-refractivity contribution in [2.45, 2.75) is 102 Å². The lowest BCUT2D eigenvalue weighted by Gasteiger charge is -2.45. The van der Waals surface area contributed by atoms with E-state index in [0.717, 1.165) is 39.1 Å². The summed E-state index contributed by atoms with van der Waals surface area (Å²) in [5.41, 5.74) is 0.604. The fourth-order valence-electron chi connectivity index (χ4n) is 4.79. The predicted molar refractivity (Wildman–Crippen MR) is 149 cm³/mol. The normalized spacial score (nSPS) is 23.3. The molecule has 2 aliphatic rings. The second kappa shape index (κ2) is 9.69. The lowest BCUT2D eigenvalue weighted by atomic mass is 9.85. The molecule has 1 saturated heterocycles. The van der Waals surface area contributed by atoms with Crippen molar-refractivity contribution in [1.29, 1.82) is 0 Å². The number of halogens is 1. The van der Waals surface area contributed by atoms with E-state index in [1.807, 2.05) is 24.0 Å². The number of anilines is 1. The fourth-order valence-corrected chi connectivity index (χ4v) is 7.93. The van der Waals surface area contributed by atoms with E-state index in [1.54, 1.807) is 11.3 Å². The molecule has 1 amide bonds. The summed E-state index contributed by atoms with van der Waals surface area (Å²) in [6.07, 6.45) is 7.14. The summed E-state index contributed by atoms with van der Waals surface area (Å²) < 4.78 is 9.08. The Labute approximate surface area is 218 Å². The Kier molecular flexibility index (Phi) is 7.37. The molecule has 7 heteroatoms. The van der Waals surface area contributed by atoms with Crippen LogP contribution in [0.4, 0.5) is 5.13 Å². The van der Waals surface area contributed by atoms with Crippen LogP contribution in [0.5, 0.6) is 0 Å². The van der Waals surface area contributed by atoms with Gasteiger partial charge in [-0.2, -0.15) is 0 Å². The van der Waals surface area contributed by atoms with Crippen LogP contribution in [0.2, 0.25) is 18.1 Å². The number of amides is 1. The second-order valence-corrected chi connectivity index (χ2v) is 18.2. The maximum Gasteiger partial charge on any atom is 0.231 e. The third-order valence-electron chi connectivity index (χ3n) is 7.77. The van der Waals surface area contributed by atoms with Crippen LogP contribution >= 0.6 is 27.3 Å². The minimum atomic E-state index is -1.94. The molecule has 4 rings (SSSR count). The van der Waals surface area contributed by atoms with Crippen LogP contribution in [0.15, 0.2) is 22.7 Å². The summed E-state index contributed by atoms with van der Waals surface area (Å²) in [6.45, 7) is 13.6. The molecule has 2 unspecified atom stereocenters. The largest absolute Gasteiger partial charge is 0.401 e. The molecule has 1 saturated carbocycles. The van der Waals surface area contributed by atoms with Crippen molar-refractivity contribution in [3.05, 3.63) is 22.7 Å². The Balaban J connectivity index is 1.58. The Morgan fingerprint density at radius 2 is 1.97 bits per heavy atom. The summed E-state index contributed by atoms with van der Waals surface area (Å²) in [4.78, 5) is 19.8. The van der Waals surface area contributed by atoms with E-state index in [-0.39, 0.29) is 28.5 Å². The van der Waals surface area contributed by atoms with Crippen LogP contribution in [0.3, 0.4) is 0 Å². The number of rotatable bonds is 4. The molecule has 1 aliphatic carbocycles. The van der Waals surface area contributed by atoms with Gasteiger partial charge in [-0.05, 0) is 68.4 Å². The number of hydrogen-bond donors (Lipinski definition) is 0. The zero-order chi connectivity index (χ0) is 24.7. The third-order valence-corrected chi connectivity index (χ3v) is 13.8. The van der Waals surface area contributed by atoms with Crippen molar-refractivity contribution in [3.8, 4) is 11.8 Å². The smallest absolute Gasteiger partial charge is 0.231 e. The third kappa shape index (κ3) is 5.30. The van der Waals surface area contributed by atoms with Crippen LogP contribution in [0.1, 0.15) is 72.6 Å². The molecule has 1 aromatic heterocycles. The van der Waals surface area contributed by atoms with Gasteiger partial charge in [0.25, 0.3) is 0 Å². The van der Waals surface area contributed by atoms with Gasteiger partial charge < -0.3 is 4.43 Å². The molecule has 34 heavy (non-hydrogen) atoms. The Morgan fingerprint density at radius 3 is 2.65 bits per heavy atom. The Morgan fingerprint density at radius 1 is 1.26 bits per heavy atom. The first-order valence-corrected chi connectivity index (χ1v) is 17.0. The zero-order valence-corrected chi connectivity index (χ0v) is 24.7. The van der Waals surface area contributed by atoms with Gasteiger partial charge in [-0.15, -0.1) is 0 Å². The minimum Gasteiger partial charge on any atom is -0.401 e. The van der Waals surface area contributed by atoms with E-state index < -0.39 is 8.32 Å². The molecule has 0 spiro atoms. The first-order valence-electron chi connectivity index (χ1n) is 12.5. The molecular formula is C27H37BrN2O2SSi. The number of aromatic nitrogens is 1. The van der Waals surface area contributed by atoms with Crippen molar-refractivity contribution in [2.75, 3.05) is 4.90 Å². The molecule has 1 aromatic carbocycles. The van der Waals surface area contributed by atoms with E-state index in [2.05, 4.69) is 67.7 Å². The van der Waals surface area contributed by atoms with Crippen molar-refractivity contribution in [2.24, 2.45) is 5.92 Å². The summed E-state index contributed by atoms with van der Waals surface area (Å²) in [7, 11) is -1.94. The fraction of sp³-hybridized carbons (Fsp3) is 0.630.